The highest BCUT2D eigenvalue weighted by Gasteiger charge is 2.24. The van der Waals surface area contributed by atoms with E-state index in [1.54, 1.807) is 12.1 Å². The molecule has 11 heteroatoms. The first kappa shape index (κ1) is 20.2. The average molecular weight is 428 g/mol. The van der Waals surface area contributed by atoms with Gasteiger partial charge in [-0.1, -0.05) is 11.6 Å². The first-order chi connectivity index (χ1) is 13.3. The van der Waals surface area contributed by atoms with E-state index in [1.807, 2.05) is 4.90 Å². The number of anilines is 2. The van der Waals surface area contributed by atoms with Crippen LogP contribution >= 0.6 is 11.6 Å². The second-order valence-electron chi connectivity index (χ2n) is 5.96. The van der Waals surface area contributed by atoms with E-state index in [0.717, 1.165) is 6.07 Å². The Balaban J connectivity index is 1.98. The van der Waals surface area contributed by atoms with Crippen LogP contribution < -0.4 is 14.4 Å². The Bertz CT molecular complexity index is 992. The number of morpholine rings is 1. The Morgan fingerprint density at radius 2 is 1.93 bits per heavy atom. The number of sulfonamides is 1. The number of nitrogens with one attached hydrogen (secondary N) is 1. The van der Waals surface area contributed by atoms with Gasteiger partial charge in [-0.15, -0.1) is 0 Å². The standard InChI is InChI=1S/C17H18ClN3O6S/c1-26-17-5-3-13(11-16(17)21(22)23)28(24,25)19-14-10-12(18)2-4-15(14)20-6-8-27-9-7-20/h2-5,10-11,19H,6-9H2,1H3. The molecule has 150 valence electrons. The Labute approximate surface area is 167 Å². The molecule has 9 nitrogen and oxygen atoms in total. The molecule has 0 radical (unpaired) electrons. The van der Waals surface area contributed by atoms with E-state index in [1.165, 1.54) is 25.3 Å². The van der Waals surface area contributed by atoms with Crippen molar-refractivity contribution in [1.82, 2.24) is 0 Å². The first-order valence-corrected chi connectivity index (χ1v) is 10.2. The highest BCUT2D eigenvalue weighted by atomic mass is 35.5. The Morgan fingerprint density at radius 3 is 2.57 bits per heavy atom. The Morgan fingerprint density at radius 1 is 1.21 bits per heavy atom. The summed E-state index contributed by atoms with van der Waals surface area (Å²) in [5.74, 6) is -0.0271. The van der Waals surface area contributed by atoms with Crippen LogP contribution in [0.25, 0.3) is 0 Å². The first-order valence-electron chi connectivity index (χ1n) is 8.29. The molecule has 0 atom stereocenters. The number of methoxy groups -OCH3 is 1. The van der Waals surface area contributed by atoms with E-state index in [4.69, 9.17) is 21.1 Å². The zero-order valence-corrected chi connectivity index (χ0v) is 16.5. The summed E-state index contributed by atoms with van der Waals surface area (Å²) >= 11 is 6.05. The van der Waals surface area contributed by atoms with Crippen molar-refractivity contribution < 1.29 is 22.8 Å². The minimum absolute atomic E-state index is 0.0271. The molecular weight excluding hydrogens is 410 g/mol. The summed E-state index contributed by atoms with van der Waals surface area (Å²) in [5, 5.41) is 11.6. The second kappa shape index (κ2) is 8.21. The lowest BCUT2D eigenvalue weighted by atomic mass is 10.2. The molecule has 1 aliphatic heterocycles. The molecule has 1 heterocycles. The maximum atomic E-state index is 12.9. The number of benzene rings is 2. The van der Waals surface area contributed by atoms with E-state index >= 15 is 0 Å². The number of nitrogens with zero attached hydrogens (tertiary/aromatic N) is 2. The summed E-state index contributed by atoms with van der Waals surface area (Å²) in [6, 6.07) is 8.34. The quantitative estimate of drug-likeness (QED) is 0.557. The summed E-state index contributed by atoms with van der Waals surface area (Å²) in [6.45, 7) is 2.26. The lowest BCUT2D eigenvalue weighted by molar-refractivity contribution is -0.386. The van der Waals surface area contributed by atoms with Crippen molar-refractivity contribution in [2.24, 2.45) is 0 Å². The molecule has 0 amide bonds. The SMILES string of the molecule is COc1ccc(S(=O)(=O)Nc2cc(Cl)ccc2N2CCOCC2)cc1[N+](=O)[O-]. The van der Waals surface area contributed by atoms with Crippen LogP contribution in [0.3, 0.4) is 0 Å². The summed E-state index contributed by atoms with van der Waals surface area (Å²) in [5.41, 5.74) is 0.497. The fourth-order valence-corrected chi connectivity index (χ4v) is 4.11. The van der Waals surface area contributed by atoms with Crippen molar-refractivity contribution in [2.45, 2.75) is 4.90 Å². The Hall–Kier alpha value is -2.56. The van der Waals surface area contributed by atoms with Crippen LogP contribution in [-0.2, 0) is 14.8 Å². The fourth-order valence-electron chi connectivity index (χ4n) is 2.85. The van der Waals surface area contributed by atoms with Gasteiger partial charge in [-0.3, -0.25) is 14.8 Å². The normalized spacial score (nSPS) is 14.6. The molecule has 1 aliphatic rings. The fraction of sp³-hybridized carbons (Fsp3) is 0.294. The van der Waals surface area contributed by atoms with E-state index in [2.05, 4.69) is 4.72 Å². The van der Waals surface area contributed by atoms with Crippen molar-refractivity contribution in [1.29, 1.82) is 0 Å². The maximum Gasteiger partial charge on any atom is 0.312 e. The summed E-state index contributed by atoms with van der Waals surface area (Å²) < 4.78 is 38.5. The van der Waals surface area contributed by atoms with Crippen LogP contribution in [0, 0.1) is 10.1 Å². The molecular formula is C17H18ClN3O6S. The van der Waals surface area contributed by atoms with E-state index in [9.17, 15) is 18.5 Å². The van der Waals surface area contributed by atoms with Gasteiger partial charge >= 0.3 is 5.69 Å². The van der Waals surface area contributed by atoms with Crippen LogP contribution in [0.5, 0.6) is 5.75 Å². The monoisotopic (exact) mass is 427 g/mol. The molecule has 0 spiro atoms. The molecule has 0 aliphatic carbocycles. The number of halogens is 1. The van der Waals surface area contributed by atoms with Crippen molar-refractivity contribution in [2.75, 3.05) is 43.0 Å². The predicted molar refractivity (Wildman–Crippen MR) is 105 cm³/mol. The zero-order chi connectivity index (χ0) is 20.3. The smallest absolute Gasteiger partial charge is 0.312 e. The van der Waals surface area contributed by atoms with E-state index in [-0.39, 0.29) is 16.3 Å². The number of rotatable bonds is 6. The van der Waals surface area contributed by atoms with E-state index < -0.39 is 20.6 Å². The highest BCUT2D eigenvalue weighted by molar-refractivity contribution is 7.92. The van der Waals surface area contributed by atoms with Gasteiger partial charge in [0.2, 0.25) is 0 Å². The number of nitro groups is 1. The van der Waals surface area contributed by atoms with Gasteiger partial charge in [-0.2, -0.15) is 0 Å². The summed E-state index contributed by atoms with van der Waals surface area (Å²) in [4.78, 5) is 12.2. The van der Waals surface area contributed by atoms with Crippen LogP contribution in [0.2, 0.25) is 5.02 Å². The topological polar surface area (TPSA) is 111 Å². The lowest BCUT2D eigenvalue weighted by Crippen LogP contribution is -2.36. The van der Waals surface area contributed by atoms with Gasteiger partial charge in [0.1, 0.15) is 0 Å². The molecule has 0 aromatic heterocycles. The molecule has 0 saturated carbocycles. The third-order valence-electron chi connectivity index (χ3n) is 4.21. The van der Waals surface area contributed by atoms with Crippen LogP contribution in [0.1, 0.15) is 0 Å². The summed E-state index contributed by atoms with van der Waals surface area (Å²) in [6.07, 6.45) is 0. The van der Waals surface area contributed by atoms with Gasteiger partial charge in [-0.25, -0.2) is 8.42 Å². The third-order valence-corrected chi connectivity index (χ3v) is 5.81. The van der Waals surface area contributed by atoms with Crippen molar-refractivity contribution in [3.63, 3.8) is 0 Å². The van der Waals surface area contributed by atoms with Crippen molar-refractivity contribution >= 4 is 38.7 Å². The molecule has 1 fully saturated rings. The molecule has 0 unspecified atom stereocenters. The molecule has 0 bridgehead atoms. The minimum atomic E-state index is -4.10. The van der Waals surface area contributed by atoms with Crippen molar-refractivity contribution in [3.05, 3.63) is 51.5 Å². The van der Waals surface area contributed by atoms with Gasteiger partial charge in [0, 0.05) is 24.2 Å². The highest BCUT2D eigenvalue weighted by Crippen LogP contribution is 2.34. The minimum Gasteiger partial charge on any atom is -0.490 e. The third kappa shape index (κ3) is 4.29. The second-order valence-corrected chi connectivity index (χ2v) is 8.08. The number of ether oxygens (including phenoxy) is 2. The molecule has 28 heavy (non-hydrogen) atoms. The van der Waals surface area contributed by atoms with Gasteiger partial charge < -0.3 is 14.4 Å². The van der Waals surface area contributed by atoms with E-state index in [0.29, 0.717) is 37.0 Å². The predicted octanol–water partition coefficient (Wildman–Crippen LogP) is 2.89. The summed E-state index contributed by atoms with van der Waals surface area (Å²) in [7, 11) is -2.83. The number of hydrogen-bond donors (Lipinski definition) is 1. The van der Waals surface area contributed by atoms with Gasteiger partial charge in [0.15, 0.2) is 5.75 Å². The van der Waals surface area contributed by atoms with Crippen LogP contribution in [0.4, 0.5) is 17.1 Å². The molecule has 3 rings (SSSR count). The van der Waals surface area contributed by atoms with Crippen molar-refractivity contribution in [3.8, 4) is 5.75 Å². The largest absolute Gasteiger partial charge is 0.490 e. The van der Waals surface area contributed by atoms with Gasteiger partial charge in [-0.05, 0) is 30.3 Å². The Kier molecular flexibility index (Phi) is 5.92. The maximum absolute atomic E-state index is 12.9. The molecule has 2 aromatic rings. The molecule has 1 N–H and O–H groups in total. The molecule has 2 aromatic carbocycles. The van der Waals surface area contributed by atoms with Gasteiger partial charge in [0.25, 0.3) is 10.0 Å². The number of nitro benzene ring substituents is 1. The lowest BCUT2D eigenvalue weighted by Gasteiger charge is -2.30. The zero-order valence-electron chi connectivity index (χ0n) is 14.9. The van der Waals surface area contributed by atoms with Crippen LogP contribution in [0.15, 0.2) is 41.3 Å². The van der Waals surface area contributed by atoms with Gasteiger partial charge in [0.05, 0.1) is 41.5 Å². The van der Waals surface area contributed by atoms with Crippen LogP contribution in [-0.4, -0.2) is 46.8 Å². The molecule has 1 saturated heterocycles. The number of hydrogen-bond acceptors (Lipinski definition) is 7. The average Bonchev–Trinajstić information content (AvgIpc) is 2.68.